The number of halogens is 1. The first-order valence-electron chi connectivity index (χ1n) is 10.2. The number of hydrogen-bond acceptors (Lipinski definition) is 6. The molecule has 0 unspecified atom stereocenters. The molecule has 7 nitrogen and oxygen atoms in total. The summed E-state index contributed by atoms with van der Waals surface area (Å²) in [5.74, 6) is -0.283. The van der Waals surface area contributed by atoms with E-state index in [0.717, 1.165) is 35.9 Å². The summed E-state index contributed by atoms with van der Waals surface area (Å²) >= 11 is 7.73. The molecule has 1 aromatic heterocycles. The zero-order valence-corrected chi connectivity index (χ0v) is 18.4. The molecule has 0 saturated heterocycles. The number of carbonyl (C=O) groups excluding carboxylic acids is 2. The molecule has 1 saturated carbocycles. The summed E-state index contributed by atoms with van der Waals surface area (Å²) in [6.45, 7) is 0. The van der Waals surface area contributed by atoms with Crippen molar-refractivity contribution in [3.8, 4) is 0 Å². The van der Waals surface area contributed by atoms with Gasteiger partial charge in [-0.15, -0.1) is 0 Å². The zero-order chi connectivity index (χ0) is 22.1. The Labute approximate surface area is 193 Å². The summed E-state index contributed by atoms with van der Waals surface area (Å²) in [6.07, 6.45) is 7.96. The molecule has 0 spiro atoms. The molecule has 1 aliphatic heterocycles. The lowest BCUT2D eigenvalue weighted by Crippen LogP contribution is -2.28. The highest BCUT2D eigenvalue weighted by atomic mass is 35.5. The number of carbonyl (C=O) groups is 2. The van der Waals surface area contributed by atoms with Gasteiger partial charge in [0.2, 0.25) is 5.91 Å². The van der Waals surface area contributed by atoms with Crippen molar-refractivity contribution in [1.29, 1.82) is 0 Å². The van der Waals surface area contributed by atoms with Crippen LogP contribution in [-0.4, -0.2) is 26.9 Å². The van der Waals surface area contributed by atoms with Gasteiger partial charge in [-0.05, 0) is 60.5 Å². The number of thioether (sulfide) groups is 1. The molecule has 0 radical (unpaired) electrons. The van der Waals surface area contributed by atoms with E-state index in [1.54, 1.807) is 36.7 Å². The van der Waals surface area contributed by atoms with Crippen LogP contribution in [0.25, 0.3) is 17.1 Å². The maximum absolute atomic E-state index is 12.4. The van der Waals surface area contributed by atoms with Crippen LogP contribution in [0.5, 0.6) is 0 Å². The number of amidine groups is 1. The van der Waals surface area contributed by atoms with Crippen molar-refractivity contribution in [3.63, 3.8) is 0 Å². The number of rotatable bonds is 4. The van der Waals surface area contributed by atoms with Crippen LogP contribution in [0.3, 0.4) is 0 Å². The third-order valence-electron chi connectivity index (χ3n) is 5.39. The van der Waals surface area contributed by atoms with Crippen molar-refractivity contribution in [2.75, 3.05) is 10.6 Å². The number of fused-ring (bicyclic) bond motifs is 1. The number of benzene rings is 2. The topological polar surface area (TPSA) is 96.3 Å². The van der Waals surface area contributed by atoms with Crippen LogP contribution in [0.1, 0.15) is 24.8 Å². The fourth-order valence-electron chi connectivity index (χ4n) is 3.43. The smallest absolute Gasteiger partial charge is 0.286 e. The highest BCUT2D eigenvalue weighted by Crippen LogP contribution is 2.35. The quantitative estimate of drug-likeness (QED) is 0.522. The summed E-state index contributed by atoms with van der Waals surface area (Å²) in [5.41, 5.74) is 3.49. The summed E-state index contributed by atoms with van der Waals surface area (Å²) in [5, 5.41) is 6.80. The zero-order valence-electron chi connectivity index (χ0n) is 16.8. The van der Waals surface area contributed by atoms with Crippen molar-refractivity contribution in [1.82, 2.24) is 9.97 Å². The molecule has 2 amide bonds. The summed E-state index contributed by atoms with van der Waals surface area (Å²) in [7, 11) is 0. The molecule has 1 fully saturated rings. The van der Waals surface area contributed by atoms with Gasteiger partial charge in [0.15, 0.2) is 5.17 Å². The first-order valence-corrected chi connectivity index (χ1v) is 11.4. The maximum Gasteiger partial charge on any atom is 0.286 e. The van der Waals surface area contributed by atoms with E-state index in [0.29, 0.717) is 26.5 Å². The number of amides is 2. The minimum absolute atomic E-state index is 0.0108. The second kappa shape index (κ2) is 8.72. The van der Waals surface area contributed by atoms with Crippen LogP contribution < -0.4 is 10.6 Å². The van der Waals surface area contributed by atoms with E-state index in [1.165, 1.54) is 11.8 Å². The standard InChI is InChI=1S/C23H18ClN5O2S/c24-20-16(27-21(30)14-3-1-4-14)5-2-6-17(20)28-23-29-22(31)19(32-23)12-13-7-8-15-18(11-13)26-10-9-25-15/h2,5-12,14H,1,3-4H2,(H,27,30)(H,28,29,31). The lowest BCUT2D eigenvalue weighted by Gasteiger charge is -2.24. The Hall–Kier alpha value is -3.23. The highest BCUT2D eigenvalue weighted by Gasteiger charge is 2.26. The van der Waals surface area contributed by atoms with Gasteiger partial charge in [-0.1, -0.05) is 30.2 Å². The summed E-state index contributed by atoms with van der Waals surface area (Å²) in [4.78, 5) is 37.8. The van der Waals surface area contributed by atoms with Gasteiger partial charge in [-0.3, -0.25) is 19.6 Å². The van der Waals surface area contributed by atoms with E-state index in [4.69, 9.17) is 11.6 Å². The molecular formula is C23H18ClN5O2S. The van der Waals surface area contributed by atoms with Gasteiger partial charge >= 0.3 is 0 Å². The lowest BCUT2D eigenvalue weighted by molar-refractivity contribution is -0.122. The number of anilines is 2. The van der Waals surface area contributed by atoms with Crippen molar-refractivity contribution < 1.29 is 9.59 Å². The highest BCUT2D eigenvalue weighted by molar-refractivity contribution is 8.18. The molecule has 2 heterocycles. The number of nitrogens with one attached hydrogen (secondary N) is 2. The second-order valence-electron chi connectivity index (χ2n) is 7.55. The van der Waals surface area contributed by atoms with Gasteiger partial charge in [0.05, 0.1) is 32.3 Å². The van der Waals surface area contributed by atoms with E-state index in [9.17, 15) is 9.59 Å². The third kappa shape index (κ3) is 4.24. The fraction of sp³-hybridized carbons (Fsp3) is 0.174. The van der Waals surface area contributed by atoms with Gasteiger partial charge < -0.3 is 10.6 Å². The van der Waals surface area contributed by atoms with Crippen molar-refractivity contribution in [3.05, 3.63) is 64.3 Å². The second-order valence-corrected chi connectivity index (χ2v) is 8.96. The third-order valence-corrected chi connectivity index (χ3v) is 6.69. The molecule has 32 heavy (non-hydrogen) atoms. The predicted octanol–water partition coefficient (Wildman–Crippen LogP) is 5.10. The van der Waals surface area contributed by atoms with E-state index in [2.05, 4.69) is 25.6 Å². The summed E-state index contributed by atoms with van der Waals surface area (Å²) < 4.78 is 0. The largest absolute Gasteiger partial charge is 0.333 e. The molecule has 0 bridgehead atoms. The monoisotopic (exact) mass is 463 g/mol. The van der Waals surface area contributed by atoms with Crippen molar-refractivity contribution >= 4 is 68.8 Å². The van der Waals surface area contributed by atoms with Crippen LogP contribution in [0, 0.1) is 5.92 Å². The van der Waals surface area contributed by atoms with Crippen LogP contribution in [0.15, 0.2) is 58.7 Å². The van der Waals surface area contributed by atoms with Crippen molar-refractivity contribution in [2.45, 2.75) is 19.3 Å². The number of hydrogen-bond donors (Lipinski definition) is 2. The SMILES string of the molecule is O=C1N=C(Nc2cccc(NC(=O)C3CCC3)c2Cl)SC1=Cc1ccc2nccnc2c1. The fourth-order valence-corrected chi connectivity index (χ4v) is 4.48. The number of aromatic nitrogens is 2. The van der Waals surface area contributed by atoms with Gasteiger partial charge in [-0.2, -0.15) is 4.99 Å². The Kier molecular flexibility index (Phi) is 5.63. The molecule has 3 aromatic rings. The van der Waals surface area contributed by atoms with Crippen LogP contribution in [0.2, 0.25) is 5.02 Å². The van der Waals surface area contributed by atoms with Gasteiger partial charge in [0.1, 0.15) is 0 Å². The minimum Gasteiger partial charge on any atom is -0.333 e. The molecule has 1 aliphatic carbocycles. The first-order chi connectivity index (χ1) is 15.6. The minimum atomic E-state index is -0.331. The van der Waals surface area contributed by atoms with Crippen LogP contribution in [0.4, 0.5) is 11.4 Å². The summed E-state index contributed by atoms with van der Waals surface area (Å²) in [6, 6.07) is 10.9. The number of nitrogens with zero attached hydrogens (tertiary/aromatic N) is 3. The number of aliphatic imine (C=N–C) groups is 1. The molecule has 160 valence electrons. The average Bonchev–Trinajstić information content (AvgIpc) is 3.08. The normalized spacial score (nSPS) is 17.3. The Morgan fingerprint density at radius 2 is 1.88 bits per heavy atom. The predicted molar refractivity (Wildman–Crippen MR) is 129 cm³/mol. The van der Waals surface area contributed by atoms with Gasteiger partial charge in [0.25, 0.3) is 5.91 Å². The first kappa shape index (κ1) is 20.7. The molecule has 2 aromatic carbocycles. The van der Waals surface area contributed by atoms with Gasteiger partial charge in [0, 0.05) is 18.3 Å². The molecule has 2 aliphatic rings. The maximum atomic E-state index is 12.4. The van der Waals surface area contributed by atoms with E-state index < -0.39 is 0 Å². The average molecular weight is 464 g/mol. The Balaban J connectivity index is 1.31. The van der Waals surface area contributed by atoms with Crippen LogP contribution >= 0.6 is 23.4 Å². The molecule has 9 heteroatoms. The Morgan fingerprint density at radius 1 is 1.09 bits per heavy atom. The lowest BCUT2D eigenvalue weighted by atomic mass is 9.85. The Morgan fingerprint density at radius 3 is 2.66 bits per heavy atom. The van der Waals surface area contributed by atoms with Gasteiger partial charge in [-0.25, -0.2) is 0 Å². The molecule has 2 N–H and O–H groups in total. The van der Waals surface area contributed by atoms with E-state index in [-0.39, 0.29) is 17.7 Å². The Bertz CT molecular complexity index is 1300. The van der Waals surface area contributed by atoms with Crippen LogP contribution in [-0.2, 0) is 9.59 Å². The molecular weight excluding hydrogens is 446 g/mol. The van der Waals surface area contributed by atoms with E-state index >= 15 is 0 Å². The van der Waals surface area contributed by atoms with Crippen molar-refractivity contribution in [2.24, 2.45) is 10.9 Å². The molecule has 5 rings (SSSR count). The van der Waals surface area contributed by atoms with E-state index in [1.807, 2.05) is 18.2 Å². The molecule has 0 atom stereocenters.